The van der Waals surface area contributed by atoms with Gasteiger partial charge in [-0.1, -0.05) is 12.1 Å². The molecule has 1 heterocycles. The number of esters is 1. The zero-order valence-electron chi connectivity index (χ0n) is 10.4. The predicted octanol–water partition coefficient (Wildman–Crippen LogP) is 1.54. The summed E-state index contributed by atoms with van der Waals surface area (Å²) in [5.74, 6) is -0.396. The summed E-state index contributed by atoms with van der Waals surface area (Å²) in [6.45, 7) is 3.60. The Balaban J connectivity index is 2.18. The molecular weight excluding hydrogens is 232 g/mol. The summed E-state index contributed by atoms with van der Waals surface area (Å²) in [6, 6.07) is 5.24. The second-order valence-corrected chi connectivity index (χ2v) is 4.17. The molecule has 0 aliphatic carbocycles. The Labute approximate surface area is 106 Å². The van der Waals surface area contributed by atoms with Crippen molar-refractivity contribution in [1.82, 2.24) is 0 Å². The second kappa shape index (κ2) is 5.08. The quantitative estimate of drug-likeness (QED) is 0.796. The number of anilines is 2. The average molecular weight is 248 g/mol. The third-order valence-corrected chi connectivity index (χ3v) is 2.78. The lowest BCUT2D eigenvalue weighted by Crippen LogP contribution is -2.29. The number of fused-ring (bicyclic) bond motifs is 1. The van der Waals surface area contributed by atoms with Crippen molar-refractivity contribution in [3.8, 4) is 0 Å². The number of nitrogens with one attached hydrogen (secondary N) is 2. The molecule has 0 fully saturated rings. The van der Waals surface area contributed by atoms with Gasteiger partial charge in [0.2, 0.25) is 5.91 Å². The molecule has 0 spiro atoms. The second-order valence-electron chi connectivity index (χ2n) is 4.17. The van der Waals surface area contributed by atoms with Crippen molar-refractivity contribution >= 4 is 23.3 Å². The highest BCUT2D eigenvalue weighted by atomic mass is 16.5. The van der Waals surface area contributed by atoms with E-state index in [-0.39, 0.29) is 17.9 Å². The van der Waals surface area contributed by atoms with Gasteiger partial charge in [-0.3, -0.25) is 4.79 Å². The number of amides is 1. The van der Waals surface area contributed by atoms with Gasteiger partial charge in [0.1, 0.15) is 6.04 Å². The fourth-order valence-corrected chi connectivity index (χ4v) is 2.06. The van der Waals surface area contributed by atoms with Crippen molar-refractivity contribution in [2.45, 2.75) is 26.3 Å². The van der Waals surface area contributed by atoms with Crippen LogP contribution in [0.5, 0.6) is 0 Å². The fourth-order valence-electron chi connectivity index (χ4n) is 2.06. The van der Waals surface area contributed by atoms with E-state index < -0.39 is 0 Å². The molecule has 0 aromatic heterocycles. The van der Waals surface area contributed by atoms with Gasteiger partial charge in [0, 0.05) is 13.3 Å². The Hall–Kier alpha value is -2.04. The normalized spacial score (nSPS) is 16.7. The van der Waals surface area contributed by atoms with Crippen molar-refractivity contribution in [3.05, 3.63) is 23.8 Å². The Morgan fingerprint density at radius 2 is 2.28 bits per heavy atom. The van der Waals surface area contributed by atoms with E-state index in [1.165, 1.54) is 6.92 Å². The zero-order valence-corrected chi connectivity index (χ0v) is 10.4. The molecular formula is C13H16N2O3. The van der Waals surface area contributed by atoms with Gasteiger partial charge in [0.25, 0.3) is 0 Å². The van der Waals surface area contributed by atoms with Crippen LogP contribution in [0, 0.1) is 0 Å². The van der Waals surface area contributed by atoms with Crippen LogP contribution in [0.3, 0.4) is 0 Å². The molecule has 1 aliphatic rings. The first-order valence-electron chi connectivity index (χ1n) is 5.94. The van der Waals surface area contributed by atoms with Gasteiger partial charge in [-0.15, -0.1) is 0 Å². The number of benzene rings is 1. The number of para-hydroxylation sites is 1. The SMILES string of the molecule is CCOC(=O)[C@@H]1Cc2cccc(NC(C)=O)c2N1. The molecule has 1 aromatic rings. The molecule has 18 heavy (non-hydrogen) atoms. The van der Waals surface area contributed by atoms with Gasteiger partial charge in [-0.25, -0.2) is 4.79 Å². The number of hydrogen-bond acceptors (Lipinski definition) is 4. The number of carbonyl (C=O) groups excluding carboxylic acids is 2. The number of rotatable bonds is 3. The standard InChI is InChI=1S/C13H16N2O3/c1-3-18-13(17)11-7-9-5-4-6-10(12(9)15-11)14-8(2)16/h4-6,11,15H,3,7H2,1-2H3,(H,14,16)/t11-/m0/s1. The first-order valence-corrected chi connectivity index (χ1v) is 5.94. The molecule has 5 heteroatoms. The molecule has 1 amide bonds. The van der Waals surface area contributed by atoms with Crippen LogP contribution in [0.2, 0.25) is 0 Å². The molecule has 0 saturated carbocycles. The van der Waals surface area contributed by atoms with E-state index in [0.717, 1.165) is 11.3 Å². The molecule has 0 saturated heterocycles. The fraction of sp³-hybridized carbons (Fsp3) is 0.385. The van der Waals surface area contributed by atoms with Crippen LogP contribution in [0.25, 0.3) is 0 Å². The molecule has 1 aliphatic heterocycles. The van der Waals surface area contributed by atoms with Crippen LogP contribution in [0.4, 0.5) is 11.4 Å². The highest BCUT2D eigenvalue weighted by molar-refractivity contribution is 5.95. The summed E-state index contributed by atoms with van der Waals surface area (Å²) in [5.41, 5.74) is 2.52. The molecule has 5 nitrogen and oxygen atoms in total. The Kier molecular flexibility index (Phi) is 3.50. The highest BCUT2D eigenvalue weighted by Gasteiger charge is 2.29. The highest BCUT2D eigenvalue weighted by Crippen LogP contribution is 2.33. The van der Waals surface area contributed by atoms with Gasteiger partial charge in [0.15, 0.2) is 0 Å². The van der Waals surface area contributed by atoms with E-state index in [9.17, 15) is 9.59 Å². The minimum Gasteiger partial charge on any atom is -0.464 e. The summed E-state index contributed by atoms with van der Waals surface area (Å²) in [7, 11) is 0. The number of ether oxygens (including phenoxy) is 1. The Morgan fingerprint density at radius 1 is 1.50 bits per heavy atom. The predicted molar refractivity (Wildman–Crippen MR) is 68.5 cm³/mol. The van der Waals surface area contributed by atoms with E-state index in [0.29, 0.717) is 18.7 Å². The maximum Gasteiger partial charge on any atom is 0.328 e. The largest absolute Gasteiger partial charge is 0.464 e. The maximum atomic E-state index is 11.7. The van der Waals surface area contributed by atoms with Gasteiger partial charge in [-0.2, -0.15) is 0 Å². The molecule has 2 rings (SSSR count). The molecule has 0 unspecified atom stereocenters. The van der Waals surface area contributed by atoms with Crippen LogP contribution in [-0.4, -0.2) is 24.5 Å². The van der Waals surface area contributed by atoms with E-state index in [1.807, 2.05) is 12.1 Å². The van der Waals surface area contributed by atoms with Crippen molar-refractivity contribution < 1.29 is 14.3 Å². The number of carbonyl (C=O) groups is 2. The third-order valence-electron chi connectivity index (χ3n) is 2.78. The third kappa shape index (κ3) is 2.45. The molecule has 1 atom stereocenters. The lowest BCUT2D eigenvalue weighted by Gasteiger charge is -2.11. The van der Waals surface area contributed by atoms with Crippen molar-refractivity contribution in [2.75, 3.05) is 17.2 Å². The molecule has 1 aromatic carbocycles. The van der Waals surface area contributed by atoms with Gasteiger partial charge < -0.3 is 15.4 Å². The smallest absolute Gasteiger partial charge is 0.328 e. The summed E-state index contributed by atoms with van der Waals surface area (Å²) >= 11 is 0. The summed E-state index contributed by atoms with van der Waals surface area (Å²) in [6.07, 6.45) is 0.585. The lowest BCUT2D eigenvalue weighted by molar-refractivity contribution is -0.143. The minimum absolute atomic E-state index is 0.134. The van der Waals surface area contributed by atoms with Crippen molar-refractivity contribution in [2.24, 2.45) is 0 Å². The summed E-state index contributed by atoms with van der Waals surface area (Å²) in [5, 5.41) is 5.85. The first-order chi connectivity index (χ1) is 8.61. The van der Waals surface area contributed by atoms with E-state index in [2.05, 4.69) is 10.6 Å². The van der Waals surface area contributed by atoms with E-state index >= 15 is 0 Å². The van der Waals surface area contributed by atoms with E-state index in [4.69, 9.17) is 4.74 Å². The molecule has 0 bridgehead atoms. The Bertz CT molecular complexity index is 485. The summed E-state index contributed by atoms with van der Waals surface area (Å²) in [4.78, 5) is 22.8. The van der Waals surface area contributed by atoms with Crippen molar-refractivity contribution in [1.29, 1.82) is 0 Å². The lowest BCUT2D eigenvalue weighted by atomic mass is 10.1. The molecule has 0 radical (unpaired) electrons. The van der Waals surface area contributed by atoms with Crippen LogP contribution in [-0.2, 0) is 20.7 Å². The van der Waals surface area contributed by atoms with Crippen molar-refractivity contribution in [3.63, 3.8) is 0 Å². The molecule has 2 N–H and O–H groups in total. The van der Waals surface area contributed by atoms with Crippen LogP contribution in [0.1, 0.15) is 19.4 Å². The van der Waals surface area contributed by atoms with Crippen LogP contribution in [0.15, 0.2) is 18.2 Å². The monoisotopic (exact) mass is 248 g/mol. The first kappa shape index (κ1) is 12.4. The maximum absolute atomic E-state index is 11.7. The topological polar surface area (TPSA) is 67.4 Å². The minimum atomic E-state index is -0.366. The molecule has 96 valence electrons. The van der Waals surface area contributed by atoms with Gasteiger partial charge in [0.05, 0.1) is 18.0 Å². The van der Waals surface area contributed by atoms with E-state index in [1.54, 1.807) is 13.0 Å². The van der Waals surface area contributed by atoms with Gasteiger partial charge >= 0.3 is 5.97 Å². The Morgan fingerprint density at radius 3 is 2.94 bits per heavy atom. The average Bonchev–Trinajstić information content (AvgIpc) is 2.73. The van der Waals surface area contributed by atoms with Gasteiger partial charge in [-0.05, 0) is 18.6 Å². The zero-order chi connectivity index (χ0) is 13.1. The van der Waals surface area contributed by atoms with Crippen LogP contribution < -0.4 is 10.6 Å². The summed E-state index contributed by atoms with van der Waals surface area (Å²) < 4.78 is 4.99. The number of hydrogen-bond donors (Lipinski definition) is 2. The van der Waals surface area contributed by atoms with Crippen LogP contribution >= 0.6 is 0 Å².